The molecule has 47 heavy (non-hydrogen) atoms. The van der Waals surface area contributed by atoms with Gasteiger partial charge >= 0.3 is 0 Å². The van der Waals surface area contributed by atoms with Crippen molar-refractivity contribution in [3.05, 3.63) is 163 Å². The second-order valence-electron chi connectivity index (χ2n) is 13.3. The summed E-state index contributed by atoms with van der Waals surface area (Å²) in [5.74, 6) is 0. The number of para-hydroxylation sites is 1. The van der Waals surface area contributed by atoms with E-state index in [1.54, 1.807) is 0 Å². The van der Waals surface area contributed by atoms with Crippen molar-refractivity contribution in [3.8, 4) is 16.9 Å². The molecule has 226 valence electrons. The van der Waals surface area contributed by atoms with Crippen LogP contribution < -0.4 is 20.9 Å². The van der Waals surface area contributed by atoms with E-state index in [0.717, 1.165) is 28.0 Å². The predicted octanol–water partition coefficient (Wildman–Crippen LogP) is 6.89. The highest BCUT2D eigenvalue weighted by Crippen LogP contribution is 2.37. The fraction of sp³-hybridized carbons (Fsp3) is 0.0952. The molecule has 1 N–H and O–H groups in total. The van der Waals surface area contributed by atoms with Gasteiger partial charge in [-0.3, -0.25) is 10.1 Å². The topological polar surface area (TPSA) is 46.5 Å². The van der Waals surface area contributed by atoms with Crippen LogP contribution in [0.4, 0.5) is 0 Å². The number of nitrogens with zero attached hydrogens (tertiary/aromatic N) is 3. The molecule has 5 heteroatoms. The maximum Gasteiger partial charge on any atom is 0.202 e. The first-order valence-corrected chi connectivity index (χ1v) is 18.3. The minimum atomic E-state index is -2.84. The quantitative estimate of drug-likeness (QED) is 0.217. The second-order valence-corrected chi connectivity index (χ2v) is 16.9. The zero-order valence-corrected chi connectivity index (χ0v) is 27.7. The Labute approximate surface area is 275 Å². The number of hydrogen-bond acceptors (Lipinski definition) is 2. The van der Waals surface area contributed by atoms with Gasteiger partial charge in [0.1, 0.15) is 0 Å². The summed E-state index contributed by atoms with van der Waals surface area (Å²) >= 11 is 0. The monoisotopic (exact) mass is 622 g/mol. The summed E-state index contributed by atoms with van der Waals surface area (Å²) in [6.07, 6.45) is 1.96. The molecule has 0 unspecified atom stereocenters. The summed E-state index contributed by atoms with van der Waals surface area (Å²) in [4.78, 5) is 5.18. The van der Waals surface area contributed by atoms with E-state index in [1.807, 2.05) is 19.2 Å². The maximum atomic E-state index is 5.18. The zero-order valence-electron chi connectivity index (χ0n) is 26.7. The number of pyridine rings is 1. The maximum absolute atomic E-state index is 5.18. The van der Waals surface area contributed by atoms with Crippen LogP contribution in [0.1, 0.15) is 30.7 Å². The molecule has 0 spiro atoms. The van der Waals surface area contributed by atoms with Crippen molar-refractivity contribution in [2.45, 2.75) is 26.2 Å². The number of aryl methyl sites for hydroxylation is 1. The fourth-order valence-corrected chi connectivity index (χ4v) is 13.5. The van der Waals surface area contributed by atoms with Gasteiger partial charge in [-0.1, -0.05) is 111 Å². The molecule has 0 amide bonds. The van der Waals surface area contributed by atoms with Crippen LogP contribution in [0.5, 0.6) is 0 Å². The summed E-state index contributed by atoms with van der Waals surface area (Å²) in [7, 11) is -2.84. The standard InChI is InChI=1S/C42H34N4Si/c1-28-25-36(45-44-28)29-22-23-33-32-15-4-7-18-37(32)46(38(33)26-29)30-13-12-14-31(27-30)47(41-21-10-11-24-43-41)39-19-8-5-16-34(39)42(2,3)35-17-6-9-20-40(35)47/h4-27H,1-3H3,(H,44,45). The molecule has 0 atom stereocenters. The molecule has 5 aromatic carbocycles. The van der Waals surface area contributed by atoms with Gasteiger partial charge in [0.25, 0.3) is 0 Å². The van der Waals surface area contributed by atoms with Crippen LogP contribution in [-0.2, 0) is 5.41 Å². The Bertz CT molecular complexity index is 2420. The number of nitrogens with one attached hydrogen (secondary N) is 1. The lowest BCUT2D eigenvalue weighted by Crippen LogP contribution is -2.79. The highest BCUT2D eigenvalue weighted by atomic mass is 28.3. The molecule has 0 radical (unpaired) electrons. The van der Waals surface area contributed by atoms with Crippen molar-refractivity contribution in [1.82, 2.24) is 19.7 Å². The van der Waals surface area contributed by atoms with Crippen LogP contribution in [0.3, 0.4) is 0 Å². The van der Waals surface area contributed by atoms with Crippen LogP contribution in [0.25, 0.3) is 38.8 Å². The minimum absolute atomic E-state index is 0.135. The summed E-state index contributed by atoms with van der Waals surface area (Å²) in [5, 5.41) is 15.5. The van der Waals surface area contributed by atoms with Crippen molar-refractivity contribution in [3.63, 3.8) is 0 Å². The third kappa shape index (κ3) is 3.93. The van der Waals surface area contributed by atoms with Crippen molar-refractivity contribution >= 4 is 50.8 Å². The van der Waals surface area contributed by atoms with Crippen LogP contribution in [0.2, 0.25) is 0 Å². The Balaban J connectivity index is 1.37. The fourth-order valence-electron chi connectivity index (χ4n) is 8.17. The van der Waals surface area contributed by atoms with Gasteiger partial charge in [-0.05, 0) is 76.1 Å². The van der Waals surface area contributed by atoms with Gasteiger partial charge in [0.2, 0.25) is 8.07 Å². The molecule has 4 nitrogen and oxygen atoms in total. The third-order valence-electron chi connectivity index (χ3n) is 10.3. The van der Waals surface area contributed by atoms with E-state index in [9.17, 15) is 0 Å². The minimum Gasteiger partial charge on any atom is -0.309 e. The van der Waals surface area contributed by atoms with Gasteiger partial charge in [0.05, 0.1) is 16.7 Å². The Hall–Kier alpha value is -5.52. The molecule has 1 aliphatic rings. The van der Waals surface area contributed by atoms with E-state index in [2.05, 4.69) is 162 Å². The molecule has 0 fully saturated rings. The first-order valence-electron chi connectivity index (χ1n) is 16.3. The van der Waals surface area contributed by atoms with Crippen molar-refractivity contribution < 1.29 is 0 Å². The Kier molecular flexibility index (Phi) is 6.05. The van der Waals surface area contributed by atoms with E-state index in [4.69, 9.17) is 4.98 Å². The number of H-pyrrole nitrogens is 1. The van der Waals surface area contributed by atoms with Crippen LogP contribution in [0, 0.1) is 6.92 Å². The molecule has 4 heterocycles. The Morgan fingerprint density at radius 2 is 1.34 bits per heavy atom. The molecule has 9 rings (SSSR count). The highest BCUT2D eigenvalue weighted by Gasteiger charge is 2.51. The van der Waals surface area contributed by atoms with Gasteiger partial charge in [0.15, 0.2) is 0 Å². The van der Waals surface area contributed by atoms with E-state index in [1.165, 1.54) is 48.5 Å². The summed E-state index contributed by atoms with van der Waals surface area (Å²) in [5.41, 5.74) is 9.24. The van der Waals surface area contributed by atoms with Crippen LogP contribution in [0.15, 0.2) is 146 Å². The van der Waals surface area contributed by atoms with E-state index < -0.39 is 8.07 Å². The molecule has 0 saturated carbocycles. The largest absolute Gasteiger partial charge is 0.309 e. The number of hydrogen-bond donors (Lipinski definition) is 1. The number of rotatable bonds is 4. The van der Waals surface area contributed by atoms with Crippen molar-refractivity contribution in [2.24, 2.45) is 0 Å². The molecular weight excluding hydrogens is 589 g/mol. The first kappa shape index (κ1) is 27.8. The molecule has 8 aromatic rings. The number of aromatic nitrogens is 4. The number of aromatic amines is 1. The first-order chi connectivity index (χ1) is 23.0. The lowest BCUT2D eigenvalue weighted by molar-refractivity contribution is 0.645. The molecule has 0 bridgehead atoms. The van der Waals surface area contributed by atoms with E-state index in [0.29, 0.717) is 0 Å². The van der Waals surface area contributed by atoms with Gasteiger partial charge in [0, 0.05) is 44.6 Å². The predicted molar refractivity (Wildman–Crippen MR) is 197 cm³/mol. The molecular formula is C42H34N4Si. The van der Waals surface area contributed by atoms with Gasteiger partial charge < -0.3 is 4.57 Å². The third-order valence-corrected chi connectivity index (χ3v) is 15.0. The molecule has 1 aliphatic heterocycles. The highest BCUT2D eigenvalue weighted by molar-refractivity contribution is 7.20. The molecule has 0 aliphatic carbocycles. The smallest absolute Gasteiger partial charge is 0.202 e. The molecule has 0 saturated heterocycles. The van der Waals surface area contributed by atoms with Crippen molar-refractivity contribution in [1.29, 1.82) is 0 Å². The van der Waals surface area contributed by atoms with Crippen molar-refractivity contribution in [2.75, 3.05) is 0 Å². The SMILES string of the molecule is Cc1cc(-c2ccc3c4ccccc4n(-c4cccc([Si]5(c6ccccn6)c6ccccc6C(C)(C)c6ccccc65)c4)c3c2)n[nH]1. The summed E-state index contributed by atoms with van der Waals surface area (Å²) < 4.78 is 2.43. The zero-order chi connectivity index (χ0) is 31.8. The van der Waals surface area contributed by atoms with E-state index in [-0.39, 0.29) is 5.41 Å². The lowest BCUT2D eigenvalue weighted by Gasteiger charge is -2.46. The Morgan fingerprint density at radius 1 is 0.638 bits per heavy atom. The number of benzene rings is 5. The number of fused-ring (bicyclic) bond motifs is 5. The average molecular weight is 623 g/mol. The van der Waals surface area contributed by atoms with Gasteiger partial charge in [-0.15, -0.1) is 0 Å². The summed E-state index contributed by atoms with van der Waals surface area (Å²) in [6.45, 7) is 6.78. The molecule has 3 aromatic heterocycles. The second kappa shape index (κ2) is 10.2. The van der Waals surface area contributed by atoms with E-state index >= 15 is 0 Å². The van der Waals surface area contributed by atoms with Gasteiger partial charge in [-0.25, -0.2) is 0 Å². The summed E-state index contributed by atoms with van der Waals surface area (Å²) in [6, 6.07) is 51.5. The average Bonchev–Trinajstić information content (AvgIpc) is 3.70. The van der Waals surface area contributed by atoms with Gasteiger partial charge in [-0.2, -0.15) is 5.10 Å². The Morgan fingerprint density at radius 3 is 2.06 bits per heavy atom. The van der Waals surface area contributed by atoms with Crippen LogP contribution >= 0.6 is 0 Å². The lowest BCUT2D eigenvalue weighted by atomic mass is 9.77. The normalized spacial score (nSPS) is 14.6. The van der Waals surface area contributed by atoms with Crippen LogP contribution in [-0.4, -0.2) is 27.8 Å².